The Bertz CT molecular complexity index is 796. The number of aromatic nitrogens is 3. The van der Waals surface area contributed by atoms with Gasteiger partial charge >= 0.3 is 0 Å². The van der Waals surface area contributed by atoms with Gasteiger partial charge in [-0.25, -0.2) is 0 Å². The van der Waals surface area contributed by atoms with E-state index in [2.05, 4.69) is 14.8 Å². The number of ether oxygens (including phenoxy) is 1. The Morgan fingerprint density at radius 2 is 1.88 bits per heavy atom. The number of furan rings is 1. The molecule has 0 spiro atoms. The molecule has 2 heterocycles. The smallest absolute Gasteiger partial charge is 0.200 e. The van der Waals surface area contributed by atoms with Gasteiger partial charge in [-0.15, -0.1) is 10.2 Å². The first-order chi connectivity index (χ1) is 12.9. The summed E-state index contributed by atoms with van der Waals surface area (Å²) >= 11 is 1.70. The zero-order chi connectivity index (χ0) is 17.6. The summed E-state index contributed by atoms with van der Waals surface area (Å²) in [4.78, 5) is 0. The molecule has 1 aliphatic rings. The van der Waals surface area contributed by atoms with Crippen molar-refractivity contribution in [1.82, 2.24) is 14.8 Å². The van der Waals surface area contributed by atoms with Crippen LogP contribution in [0.5, 0.6) is 5.75 Å². The number of rotatable bonds is 7. The van der Waals surface area contributed by atoms with Crippen molar-refractivity contribution in [3.63, 3.8) is 0 Å². The summed E-state index contributed by atoms with van der Waals surface area (Å²) in [6.07, 6.45) is 7.90. The van der Waals surface area contributed by atoms with Crippen LogP contribution in [0.4, 0.5) is 0 Å². The van der Waals surface area contributed by atoms with Gasteiger partial charge in [0, 0.05) is 11.8 Å². The highest BCUT2D eigenvalue weighted by atomic mass is 32.2. The van der Waals surface area contributed by atoms with Crippen molar-refractivity contribution < 1.29 is 9.15 Å². The lowest BCUT2D eigenvalue weighted by molar-refractivity contribution is 0.335. The summed E-state index contributed by atoms with van der Waals surface area (Å²) in [6, 6.07) is 14.2. The molecule has 1 aliphatic carbocycles. The summed E-state index contributed by atoms with van der Waals surface area (Å²) in [5.41, 5.74) is 0. The van der Waals surface area contributed by atoms with E-state index in [9.17, 15) is 0 Å². The molecule has 1 aromatic carbocycles. The van der Waals surface area contributed by atoms with Crippen LogP contribution >= 0.6 is 11.8 Å². The molecule has 0 bridgehead atoms. The highest BCUT2D eigenvalue weighted by Crippen LogP contribution is 2.35. The number of hydrogen-bond donors (Lipinski definition) is 0. The highest BCUT2D eigenvalue weighted by molar-refractivity contribution is 7.99. The van der Waals surface area contributed by atoms with Crippen molar-refractivity contribution in [3.8, 4) is 17.3 Å². The third kappa shape index (κ3) is 3.96. The minimum Gasteiger partial charge on any atom is -0.493 e. The second-order valence-corrected chi connectivity index (χ2v) is 7.52. The molecule has 6 heteroatoms. The van der Waals surface area contributed by atoms with Crippen LogP contribution in [0.2, 0.25) is 0 Å². The summed E-state index contributed by atoms with van der Waals surface area (Å²) in [5, 5.41) is 9.84. The van der Waals surface area contributed by atoms with Crippen molar-refractivity contribution in [1.29, 1.82) is 0 Å². The van der Waals surface area contributed by atoms with Gasteiger partial charge in [-0.05, 0) is 37.1 Å². The van der Waals surface area contributed by atoms with Gasteiger partial charge in [0.2, 0.25) is 5.82 Å². The van der Waals surface area contributed by atoms with Crippen molar-refractivity contribution in [2.24, 2.45) is 0 Å². The minimum atomic E-state index is 0.455. The van der Waals surface area contributed by atoms with Crippen LogP contribution in [0.1, 0.15) is 38.1 Å². The van der Waals surface area contributed by atoms with E-state index < -0.39 is 0 Å². The van der Waals surface area contributed by atoms with Gasteiger partial charge in [-0.3, -0.25) is 4.57 Å². The summed E-state index contributed by atoms with van der Waals surface area (Å²) < 4.78 is 13.7. The Hall–Kier alpha value is -2.21. The molecule has 0 amide bonds. The second-order valence-electron chi connectivity index (χ2n) is 6.46. The monoisotopic (exact) mass is 369 g/mol. The number of nitrogens with zero attached hydrogens (tertiary/aromatic N) is 3. The van der Waals surface area contributed by atoms with Gasteiger partial charge in [-0.1, -0.05) is 49.2 Å². The van der Waals surface area contributed by atoms with E-state index in [1.54, 1.807) is 18.0 Å². The maximum atomic E-state index is 5.80. The number of thioether (sulfide) groups is 1. The van der Waals surface area contributed by atoms with E-state index in [0.29, 0.717) is 12.6 Å². The van der Waals surface area contributed by atoms with Crippen molar-refractivity contribution >= 4 is 11.8 Å². The quantitative estimate of drug-likeness (QED) is 0.422. The van der Waals surface area contributed by atoms with Gasteiger partial charge in [0.1, 0.15) is 5.75 Å². The van der Waals surface area contributed by atoms with E-state index >= 15 is 0 Å². The Kier molecular flexibility index (Phi) is 5.59. The molecule has 1 fully saturated rings. The van der Waals surface area contributed by atoms with Crippen LogP contribution in [-0.4, -0.2) is 27.1 Å². The van der Waals surface area contributed by atoms with Crippen LogP contribution in [0.25, 0.3) is 11.6 Å². The topological polar surface area (TPSA) is 53.1 Å². The van der Waals surface area contributed by atoms with E-state index in [-0.39, 0.29) is 0 Å². The molecule has 136 valence electrons. The molecular weight excluding hydrogens is 346 g/mol. The minimum absolute atomic E-state index is 0.455. The Morgan fingerprint density at radius 3 is 2.65 bits per heavy atom. The molecule has 4 rings (SSSR count). The molecule has 2 aromatic heterocycles. The average molecular weight is 369 g/mol. The third-order valence-corrected chi connectivity index (χ3v) is 5.58. The first-order valence-corrected chi connectivity index (χ1v) is 10.2. The zero-order valence-electron chi connectivity index (χ0n) is 14.7. The largest absolute Gasteiger partial charge is 0.493 e. The van der Waals surface area contributed by atoms with E-state index in [1.165, 1.54) is 32.1 Å². The fourth-order valence-electron chi connectivity index (χ4n) is 3.43. The van der Waals surface area contributed by atoms with Gasteiger partial charge in [0.15, 0.2) is 10.9 Å². The molecule has 0 N–H and O–H groups in total. The molecule has 1 saturated carbocycles. The molecular formula is C20H23N3O2S. The highest BCUT2D eigenvalue weighted by Gasteiger charge is 2.24. The SMILES string of the molecule is c1ccc(OCCSc2nnc(-c3ccco3)n2C2CCCCC2)cc1. The lowest BCUT2D eigenvalue weighted by Crippen LogP contribution is -2.15. The third-order valence-electron chi connectivity index (χ3n) is 4.67. The Labute approximate surface area is 157 Å². The van der Waals surface area contributed by atoms with Crippen LogP contribution in [0, 0.1) is 0 Å². The normalized spacial score (nSPS) is 15.2. The molecule has 0 saturated heterocycles. The standard InChI is InChI=1S/C20H23N3O2S/c1-3-8-16(9-4-1)23-19(18-12-7-13-25-18)21-22-20(23)26-15-14-24-17-10-5-2-6-11-17/h2,5-7,10-13,16H,1,3-4,8-9,14-15H2. The van der Waals surface area contributed by atoms with Gasteiger partial charge in [-0.2, -0.15) is 0 Å². The van der Waals surface area contributed by atoms with Crippen LogP contribution in [0.15, 0.2) is 58.3 Å². The van der Waals surface area contributed by atoms with Crippen LogP contribution in [-0.2, 0) is 0 Å². The molecule has 3 aromatic rings. The molecule has 5 nitrogen and oxygen atoms in total. The maximum Gasteiger partial charge on any atom is 0.200 e. The molecule has 0 unspecified atom stereocenters. The zero-order valence-corrected chi connectivity index (χ0v) is 15.5. The predicted molar refractivity (Wildman–Crippen MR) is 103 cm³/mol. The number of hydrogen-bond acceptors (Lipinski definition) is 5. The summed E-state index contributed by atoms with van der Waals surface area (Å²) in [7, 11) is 0. The fraction of sp³-hybridized carbons (Fsp3) is 0.400. The molecule has 0 radical (unpaired) electrons. The maximum absolute atomic E-state index is 5.80. The predicted octanol–water partition coefficient (Wildman–Crippen LogP) is 5.21. The average Bonchev–Trinajstić information content (AvgIpc) is 3.36. The lowest BCUT2D eigenvalue weighted by atomic mass is 9.95. The first kappa shape index (κ1) is 17.2. The Morgan fingerprint density at radius 1 is 1.04 bits per heavy atom. The Balaban J connectivity index is 1.46. The number of para-hydroxylation sites is 1. The lowest BCUT2D eigenvalue weighted by Gasteiger charge is -2.25. The van der Waals surface area contributed by atoms with Crippen molar-refractivity contribution in [2.45, 2.75) is 43.3 Å². The second kappa shape index (κ2) is 8.45. The number of benzene rings is 1. The van der Waals surface area contributed by atoms with Gasteiger partial charge < -0.3 is 9.15 Å². The van der Waals surface area contributed by atoms with Gasteiger partial charge in [0.05, 0.1) is 12.9 Å². The van der Waals surface area contributed by atoms with Crippen LogP contribution in [0.3, 0.4) is 0 Å². The summed E-state index contributed by atoms with van der Waals surface area (Å²) in [6.45, 7) is 0.641. The van der Waals surface area contributed by atoms with E-state index in [0.717, 1.165) is 28.2 Å². The van der Waals surface area contributed by atoms with E-state index in [4.69, 9.17) is 9.15 Å². The van der Waals surface area contributed by atoms with Crippen molar-refractivity contribution in [2.75, 3.05) is 12.4 Å². The molecule has 26 heavy (non-hydrogen) atoms. The molecule has 0 atom stereocenters. The van der Waals surface area contributed by atoms with Crippen LogP contribution < -0.4 is 4.74 Å². The molecule has 0 aliphatic heterocycles. The first-order valence-electron chi connectivity index (χ1n) is 9.21. The fourth-order valence-corrected chi connectivity index (χ4v) is 4.25. The van der Waals surface area contributed by atoms with Crippen molar-refractivity contribution in [3.05, 3.63) is 48.7 Å². The van der Waals surface area contributed by atoms with Gasteiger partial charge in [0.25, 0.3) is 0 Å². The van der Waals surface area contributed by atoms with E-state index in [1.807, 2.05) is 42.5 Å². The summed E-state index contributed by atoms with van der Waals surface area (Å²) in [5.74, 6) is 3.36.